The van der Waals surface area contributed by atoms with E-state index in [0.717, 1.165) is 29.0 Å². The fraction of sp³-hybridized carbons (Fsp3) is 0.400. The SMILES string of the molecule is CC1(CNCc2ccc(Cl)c3cccnc23)CC1. The molecule has 18 heavy (non-hydrogen) atoms. The van der Waals surface area contributed by atoms with Gasteiger partial charge in [0, 0.05) is 29.7 Å². The van der Waals surface area contributed by atoms with Crippen LogP contribution in [-0.2, 0) is 6.54 Å². The van der Waals surface area contributed by atoms with Gasteiger partial charge >= 0.3 is 0 Å². The summed E-state index contributed by atoms with van der Waals surface area (Å²) in [5.74, 6) is 0. The first-order valence-corrected chi connectivity index (χ1v) is 6.79. The normalized spacial score (nSPS) is 17.0. The van der Waals surface area contributed by atoms with Crippen molar-refractivity contribution < 1.29 is 0 Å². The average molecular weight is 261 g/mol. The number of nitrogens with one attached hydrogen (secondary N) is 1. The maximum atomic E-state index is 6.19. The molecule has 3 heteroatoms. The third-order valence-electron chi connectivity index (χ3n) is 3.77. The van der Waals surface area contributed by atoms with Crippen molar-refractivity contribution in [3.05, 3.63) is 41.0 Å². The highest BCUT2D eigenvalue weighted by Gasteiger charge is 2.36. The number of rotatable bonds is 4. The minimum atomic E-state index is 0.537. The smallest absolute Gasteiger partial charge is 0.0761 e. The van der Waals surface area contributed by atoms with Gasteiger partial charge in [-0.1, -0.05) is 24.6 Å². The van der Waals surface area contributed by atoms with Crippen LogP contribution < -0.4 is 5.32 Å². The highest BCUT2D eigenvalue weighted by molar-refractivity contribution is 6.35. The van der Waals surface area contributed by atoms with E-state index >= 15 is 0 Å². The molecule has 0 amide bonds. The van der Waals surface area contributed by atoms with Gasteiger partial charge in [0.25, 0.3) is 0 Å². The zero-order valence-electron chi connectivity index (χ0n) is 10.5. The maximum Gasteiger partial charge on any atom is 0.0761 e. The molecule has 0 bridgehead atoms. The lowest BCUT2D eigenvalue weighted by Crippen LogP contribution is -2.21. The third-order valence-corrected chi connectivity index (χ3v) is 4.10. The van der Waals surface area contributed by atoms with Gasteiger partial charge in [-0.15, -0.1) is 0 Å². The Balaban J connectivity index is 1.81. The zero-order valence-corrected chi connectivity index (χ0v) is 11.3. The maximum absolute atomic E-state index is 6.19. The highest BCUT2D eigenvalue weighted by Crippen LogP contribution is 2.44. The second-order valence-corrected chi connectivity index (χ2v) is 5.93. The fourth-order valence-corrected chi connectivity index (χ4v) is 2.44. The summed E-state index contributed by atoms with van der Waals surface area (Å²) in [6.45, 7) is 4.28. The van der Waals surface area contributed by atoms with Crippen LogP contribution in [0.1, 0.15) is 25.3 Å². The molecule has 0 saturated heterocycles. The van der Waals surface area contributed by atoms with Crippen LogP contribution in [-0.4, -0.2) is 11.5 Å². The average Bonchev–Trinajstić information content (AvgIpc) is 3.11. The Hall–Kier alpha value is -1.12. The number of aromatic nitrogens is 1. The van der Waals surface area contributed by atoms with Crippen LogP contribution in [0.2, 0.25) is 5.02 Å². The van der Waals surface area contributed by atoms with Gasteiger partial charge in [0.2, 0.25) is 0 Å². The molecule has 1 aromatic carbocycles. The van der Waals surface area contributed by atoms with Crippen molar-refractivity contribution in [2.24, 2.45) is 5.41 Å². The predicted octanol–water partition coefficient (Wildman–Crippen LogP) is 3.78. The van der Waals surface area contributed by atoms with Crippen LogP contribution in [0.4, 0.5) is 0 Å². The summed E-state index contributed by atoms with van der Waals surface area (Å²) >= 11 is 6.19. The Bertz CT molecular complexity index is 576. The largest absolute Gasteiger partial charge is 0.312 e. The monoisotopic (exact) mass is 260 g/mol. The van der Waals surface area contributed by atoms with Gasteiger partial charge < -0.3 is 5.32 Å². The summed E-state index contributed by atoms with van der Waals surface area (Å²) in [6.07, 6.45) is 4.52. The minimum Gasteiger partial charge on any atom is -0.312 e. The molecular weight excluding hydrogens is 244 g/mol. The molecule has 0 aliphatic heterocycles. The lowest BCUT2D eigenvalue weighted by Gasteiger charge is -2.11. The number of nitrogens with zero attached hydrogens (tertiary/aromatic N) is 1. The minimum absolute atomic E-state index is 0.537. The van der Waals surface area contributed by atoms with Gasteiger partial charge in [-0.05, 0) is 42.0 Å². The van der Waals surface area contributed by atoms with E-state index in [0.29, 0.717) is 5.41 Å². The van der Waals surface area contributed by atoms with E-state index in [1.807, 2.05) is 24.4 Å². The summed E-state index contributed by atoms with van der Waals surface area (Å²) in [7, 11) is 0. The Morgan fingerprint density at radius 3 is 2.94 bits per heavy atom. The van der Waals surface area contributed by atoms with Crippen molar-refractivity contribution in [1.82, 2.24) is 10.3 Å². The summed E-state index contributed by atoms with van der Waals surface area (Å²) in [5.41, 5.74) is 2.77. The third kappa shape index (κ3) is 2.36. The molecule has 1 aliphatic rings. The molecule has 2 aromatic rings. The molecule has 1 fully saturated rings. The Morgan fingerprint density at radius 2 is 2.17 bits per heavy atom. The number of benzene rings is 1. The topological polar surface area (TPSA) is 24.9 Å². The van der Waals surface area contributed by atoms with Crippen molar-refractivity contribution >= 4 is 22.5 Å². The molecule has 1 N–H and O–H groups in total. The molecule has 0 spiro atoms. The number of fused-ring (bicyclic) bond motifs is 1. The van der Waals surface area contributed by atoms with Gasteiger partial charge in [-0.25, -0.2) is 0 Å². The molecule has 1 aliphatic carbocycles. The van der Waals surface area contributed by atoms with E-state index < -0.39 is 0 Å². The summed E-state index contributed by atoms with van der Waals surface area (Å²) in [5, 5.41) is 5.34. The standard InChI is InChI=1S/C15H17ClN2/c1-15(6-7-15)10-17-9-11-4-5-13(16)12-3-2-8-18-14(11)12/h2-5,8,17H,6-7,9-10H2,1H3. The second kappa shape index (κ2) is 4.52. The van der Waals surface area contributed by atoms with Crippen molar-refractivity contribution in [2.75, 3.05) is 6.54 Å². The van der Waals surface area contributed by atoms with Crippen LogP contribution in [0, 0.1) is 5.41 Å². The Kier molecular flexibility index (Phi) is 3.00. The Morgan fingerprint density at radius 1 is 1.33 bits per heavy atom. The molecule has 0 atom stereocenters. The highest BCUT2D eigenvalue weighted by atomic mass is 35.5. The van der Waals surface area contributed by atoms with Crippen LogP contribution in [0.25, 0.3) is 10.9 Å². The van der Waals surface area contributed by atoms with Crippen molar-refractivity contribution in [3.63, 3.8) is 0 Å². The summed E-state index contributed by atoms with van der Waals surface area (Å²) < 4.78 is 0. The molecule has 0 radical (unpaired) electrons. The summed E-state index contributed by atoms with van der Waals surface area (Å²) in [4.78, 5) is 4.45. The Labute approximate surface area is 112 Å². The van der Waals surface area contributed by atoms with Crippen LogP contribution in [0.3, 0.4) is 0 Å². The van der Waals surface area contributed by atoms with Crippen LogP contribution >= 0.6 is 11.6 Å². The lowest BCUT2D eigenvalue weighted by molar-refractivity contribution is 0.500. The number of pyridine rings is 1. The number of hydrogen-bond acceptors (Lipinski definition) is 2. The molecular formula is C15H17ClN2. The molecule has 1 heterocycles. The first kappa shape index (κ1) is 11.9. The molecule has 2 nitrogen and oxygen atoms in total. The van der Waals surface area contributed by atoms with Gasteiger partial charge in [-0.2, -0.15) is 0 Å². The van der Waals surface area contributed by atoms with Crippen molar-refractivity contribution in [2.45, 2.75) is 26.3 Å². The van der Waals surface area contributed by atoms with Gasteiger partial charge in [0.05, 0.1) is 5.52 Å². The predicted molar refractivity (Wildman–Crippen MR) is 75.8 cm³/mol. The molecule has 1 aromatic heterocycles. The fourth-order valence-electron chi connectivity index (χ4n) is 2.23. The molecule has 0 unspecified atom stereocenters. The zero-order chi connectivity index (χ0) is 12.6. The van der Waals surface area contributed by atoms with E-state index in [2.05, 4.69) is 23.3 Å². The van der Waals surface area contributed by atoms with Gasteiger partial charge in [0.15, 0.2) is 0 Å². The first-order valence-electron chi connectivity index (χ1n) is 6.41. The van der Waals surface area contributed by atoms with Gasteiger partial charge in [0.1, 0.15) is 0 Å². The molecule has 94 valence electrons. The van der Waals surface area contributed by atoms with E-state index in [9.17, 15) is 0 Å². The van der Waals surface area contributed by atoms with E-state index in [1.165, 1.54) is 18.4 Å². The van der Waals surface area contributed by atoms with E-state index in [1.54, 1.807) is 0 Å². The first-order chi connectivity index (χ1) is 8.68. The van der Waals surface area contributed by atoms with Gasteiger partial charge in [-0.3, -0.25) is 4.98 Å². The van der Waals surface area contributed by atoms with Crippen LogP contribution in [0.5, 0.6) is 0 Å². The number of hydrogen-bond donors (Lipinski definition) is 1. The van der Waals surface area contributed by atoms with E-state index in [-0.39, 0.29) is 0 Å². The van der Waals surface area contributed by atoms with Crippen molar-refractivity contribution in [1.29, 1.82) is 0 Å². The molecule has 1 saturated carbocycles. The summed E-state index contributed by atoms with van der Waals surface area (Å²) in [6, 6.07) is 7.98. The second-order valence-electron chi connectivity index (χ2n) is 5.52. The lowest BCUT2D eigenvalue weighted by atomic mass is 10.1. The molecule has 3 rings (SSSR count). The quantitative estimate of drug-likeness (QED) is 0.905. The van der Waals surface area contributed by atoms with E-state index in [4.69, 9.17) is 11.6 Å². The van der Waals surface area contributed by atoms with Crippen molar-refractivity contribution in [3.8, 4) is 0 Å². The number of halogens is 1. The van der Waals surface area contributed by atoms with Crippen LogP contribution in [0.15, 0.2) is 30.5 Å².